The van der Waals surface area contributed by atoms with E-state index in [9.17, 15) is 8.42 Å². The summed E-state index contributed by atoms with van der Waals surface area (Å²) < 4.78 is 28.7. The van der Waals surface area contributed by atoms with Crippen LogP contribution in [0.15, 0.2) is 60.1 Å². The lowest BCUT2D eigenvalue weighted by Gasteiger charge is -2.11. The van der Waals surface area contributed by atoms with Crippen LogP contribution in [0.5, 0.6) is 0 Å². The van der Waals surface area contributed by atoms with Crippen LogP contribution in [0, 0.1) is 0 Å². The Balaban J connectivity index is 2.00. The standard InChI is InChI=1S/C13H10ClN5O2S/c14-10-3-1-4-11(7-10)22(20,21)18-12-5-2-6-16-13(12)19-9-15-8-17-19/h1-9,18H. The SMILES string of the molecule is O=S(=O)(Nc1cccnc1-n1cncn1)c1cccc(Cl)c1. The van der Waals surface area contributed by atoms with E-state index >= 15 is 0 Å². The van der Waals surface area contributed by atoms with E-state index in [-0.39, 0.29) is 10.6 Å². The number of hydrogen-bond acceptors (Lipinski definition) is 5. The zero-order chi connectivity index (χ0) is 15.6. The number of sulfonamides is 1. The second kappa shape index (κ2) is 5.74. The van der Waals surface area contributed by atoms with E-state index in [0.29, 0.717) is 10.8 Å². The molecule has 0 aliphatic carbocycles. The van der Waals surface area contributed by atoms with Crippen LogP contribution in [0.4, 0.5) is 5.69 Å². The Hall–Kier alpha value is -2.45. The van der Waals surface area contributed by atoms with Crippen molar-refractivity contribution in [2.75, 3.05) is 4.72 Å². The Labute approximate surface area is 131 Å². The van der Waals surface area contributed by atoms with Crippen LogP contribution in [-0.2, 0) is 10.0 Å². The average Bonchev–Trinajstić information content (AvgIpc) is 3.01. The number of nitrogens with zero attached hydrogens (tertiary/aromatic N) is 4. The van der Waals surface area contributed by atoms with Crippen molar-refractivity contribution in [2.45, 2.75) is 4.90 Å². The molecular formula is C13H10ClN5O2S. The first-order valence-electron chi connectivity index (χ1n) is 6.15. The summed E-state index contributed by atoms with van der Waals surface area (Å²) in [5, 5.41) is 4.29. The number of pyridine rings is 1. The zero-order valence-electron chi connectivity index (χ0n) is 11.1. The van der Waals surface area contributed by atoms with Crippen LogP contribution >= 0.6 is 11.6 Å². The number of hydrogen-bond donors (Lipinski definition) is 1. The molecule has 0 saturated heterocycles. The predicted molar refractivity (Wildman–Crippen MR) is 81.4 cm³/mol. The van der Waals surface area contributed by atoms with E-state index in [0.717, 1.165) is 0 Å². The first-order chi connectivity index (χ1) is 10.6. The maximum absolute atomic E-state index is 12.4. The van der Waals surface area contributed by atoms with Crippen molar-refractivity contribution in [1.82, 2.24) is 19.7 Å². The minimum Gasteiger partial charge on any atom is -0.276 e. The molecule has 0 spiro atoms. The summed E-state index contributed by atoms with van der Waals surface area (Å²) in [6, 6.07) is 9.21. The third-order valence-electron chi connectivity index (χ3n) is 2.77. The minimum atomic E-state index is -3.79. The molecule has 1 aromatic carbocycles. The normalized spacial score (nSPS) is 11.3. The lowest BCUT2D eigenvalue weighted by atomic mass is 10.4. The summed E-state index contributed by atoms with van der Waals surface area (Å²) in [5.41, 5.74) is 0.285. The molecule has 22 heavy (non-hydrogen) atoms. The molecule has 0 fully saturated rings. The van der Waals surface area contributed by atoms with Gasteiger partial charge < -0.3 is 0 Å². The van der Waals surface area contributed by atoms with E-state index in [1.54, 1.807) is 24.3 Å². The highest BCUT2D eigenvalue weighted by Crippen LogP contribution is 2.22. The molecule has 3 aromatic rings. The van der Waals surface area contributed by atoms with Gasteiger partial charge in [-0.15, -0.1) is 0 Å². The third-order valence-corrected chi connectivity index (χ3v) is 4.37. The van der Waals surface area contributed by atoms with Crippen LogP contribution in [0.25, 0.3) is 5.82 Å². The van der Waals surface area contributed by atoms with Gasteiger partial charge in [0.15, 0.2) is 5.82 Å². The first kappa shape index (κ1) is 14.5. The van der Waals surface area contributed by atoms with Gasteiger partial charge in [0.1, 0.15) is 12.7 Å². The molecule has 0 aliphatic rings. The highest BCUT2D eigenvalue weighted by Gasteiger charge is 2.17. The molecule has 0 radical (unpaired) electrons. The molecule has 0 saturated carbocycles. The van der Waals surface area contributed by atoms with Crippen LogP contribution in [0.2, 0.25) is 5.02 Å². The van der Waals surface area contributed by atoms with Crippen LogP contribution in [0.3, 0.4) is 0 Å². The highest BCUT2D eigenvalue weighted by atomic mass is 35.5. The number of anilines is 1. The maximum atomic E-state index is 12.4. The molecule has 0 atom stereocenters. The van der Waals surface area contributed by atoms with Gasteiger partial charge in [-0.1, -0.05) is 17.7 Å². The molecule has 1 N–H and O–H groups in total. The van der Waals surface area contributed by atoms with Crippen molar-refractivity contribution in [3.05, 3.63) is 60.3 Å². The van der Waals surface area contributed by atoms with Gasteiger partial charge in [-0.05, 0) is 30.3 Å². The van der Waals surface area contributed by atoms with Gasteiger partial charge in [0.25, 0.3) is 10.0 Å². The number of halogens is 1. The average molecular weight is 336 g/mol. The van der Waals surface area contributed by atoms with Crippen LogP contribution < -0.4 is 4.72 Å². The molecule has 3 rings (SSSR count). The monoisotopic (exact) mass is 335 g/mol. The Morgan fingerprint density at radius 3 is 2.77 bits per heavy atom. The topological polar surface area (TPSA) is 89.8 Å². The third kappa shape index (κ3) is 2.92. The van der Waals surface area contributed by atoms with E-state index in [1.807, 2.05) is 0 Å². The van der Waals surface area contributed by atoms with E-state index in [2.05, 4.69) is 19.8 Å². The minimum absolute atomic E-state index is 0.0633. The summed E-state index contributed by atoms with van der Waals surface area (Å²) in [6.45, 7) is 0. The molecular weight excluding hydrogens is 326 g/mol. The quantitative estimate of drug-likeness (QED) is 0.788. The largest absolute Gasteiger partial charge is 0.276 e. The Morgan fingerprint density at radius 1 is 1.18 bits per heavy atom. The van der Waals surface area contributed by atoms with E-state index in [4.69, 9.17) is 11.6 Å². The molecule has 0 unspecified atom stereocenters. The molecule has 0 aliphatic heterocycles. The smallest absolute Gasteiger partial charge is 0.262 e. The van der Waals surface area contributed by atoms with E-state index < -0.39 is 10.0 Å². The molecule has 112 valence electrons. The fourth-order valence-electron chi connectivity index (χ4n) is 1.81. The molecule has 9 heteroatoms. The van der Waals surface area contributed by atoms with Gasteiger partial charge in [0, 0.05) is 11.2 Å². The van der Waals surface area contributed by atoms with Crippen molar-refractivity contribution in [3.8, 4) is 5.82 Å². The number of rotatable bonds is 4. The fraction of sp³-hybridized carbons (Fsp3) is 0. The number of benzene rings is 1. The molecule has 2 aromatic heterocycles. The maximum Gasteiger partial charge on any atom is 0.262 e. The van der Waals surface area contributed by atoms with Gasteiger partial charge in [-0.3, -0.25) is 4.72 Å². The zero-order valence-corrected chi connectivity index (χ0v) is 12.7. The summed E-state index contributed by atoms with van der Waals surface area (Å²) in [6.07, 6.45) is 4.30. The first-order valence-corrected chi connectivity index (χ1v) is 8.01. The lowest BCUT2D eigenvalue weighted by Crippen LogP contribution is -2.15. The van der Waals surface area contributed by atoms with Crippen molar-refractivity contribution in [3.63, 3.8) is 0 Å². The lowest BCUT2D eigenvalue weighted by molar-refractivity contribution is 0.601. The predicted octanol–water partition coefficient (Wildman–Crippen LogP) is 2.12. The fourth-order valence-corrected chi connectivity index (χ4v) is 3.18. The summed E-state index contributed by atoms with van der Waals surface area (Å²) in [5.74, 6) is 0.325. The second-order valence-corrected chi connectivity index (χ2v) is 6.40. The molecule has 0 bridgehead atoms. The van der Waals surface area contributed by atoms with Gasteiger partial charge in [0.05, 0.1) is 10.6 Å². The number of aromatic nitrogens is 4. The Kier molecular flexibility index (Phi) is 3.78. The summed E-state index contributed by atoms with van der Waals surface area (Å²) in [4.78, 5) is 8.01. The molecule has 7 nitrogen and oxygen atoms in total. The van der Waals surface area contributed by atoms with Crippen molar-refractivity contribution >= 4 is 27.3 Å². The number of nitrogens with one attached hydrogen (secondary N) is 1. The summed E-state index contributed by atoms with van der Waals surface area (Å²) in [7, 11) is -3.79. The van der Waals surface area contributed by atoms with Gasteiger partial charge in [0.2, 0.25) is 0 Å². The van der Waals surface area contributed by atoms with Crippen LogP contribution in [-0.4, -0.2) is 28.2 Å². The highest BCUT2D eigenvalue weighted by molar-refractivity contribution is 7.92. The van der Waals surface area contributed by atoms with Gasteiger partial charge in [-0.25, -0.2) is 23.1 Å². The Morgan fingerprint density at radius 2 is 2.05 bits per heavy atom. The van der Waals surface area contributed by atoms with Crippen molar-refractivity contribution < 1.29 is 8.42 Å². The van der Waals surface area contributed by atoms with Crippen LogP contribution in [0.1, 0.15) is 0 Å². The second-order valence-electron chi connectivity index (χ2n) is 4.28. The molecule has 0 amide bonds. The van der Waals surface area contributed by atoms with Crippen molar-refractivity contribution in [1.29, 1.82) is 0 Å². The van der Waals surface area contributed by atoms with E-state index in [1.165, 1.54) is 35.7 Å². The Bertz CT molecular complexity index is 896. The molecule has 2 heterocycles. The summed E-state index contributed by atoms with van der Waals surface area (Å²) >= 11 is 5.84. The van der Waals surface area contributed by atoms with Gasteiger partial charge >= 0.3 is 0 Å². The van der Waals surface area contributed by atoms with Gasteiger partial charge in [-0.2, -0.15) is 5.10 Å². The van der Waals surface area contributed by atoms with Crippen molar-refractivity contribution in [2.24, 2.45) is 0 Å².